The zero-order chi connectivity index (χ0) is 25.3. The summed E-state index contributed by atoms with van der Waals surface area (Å²) in [6.07, 6.45) is 0. The number of amides is 1. The lowest BCUT2D eigenvalue weighted by atomic mass is 10.1. The molecule has 0 aliphatic carbocycles. The minimum atomic E-state index is -0.398. The number of hydrogen-bond acceptors (Lipinski definition) is 7. The fourth-order valence-corrected chi connectivity index (χ4v) is 4.35. The number of hydrogen-bond donors (Lipinski definition) is 0. The molecule has 1 fully saturated rings. The average molecular weight is 478 g/mol. The lowest BCUT2D eigenvalue weighted by Crippen LogP contribution is -2.49. The molecule has 0 radical (unpaired) electrons. The highest BCUT2D eigenvalue weighted by Crippen LogP contribution is 2.23. The van der Waals surface area contributed by atoms with Crippen molar-refractivity contribution in [3.05, 3.63) is 74.5 Å². The molecule has 0 saturated carbocycles. The molecule has 35 heavy (non-hydrogen) atoms. The van der Waals surface area contributed by atoms with Gasteiger partial charge in [-0.25, -0.2) is 9.97 Å². The summed E-state index contributed by atoms with van der Waals surface area (Å²) in [6.45, 7) is 12.6. The maximum Gasteiger partial charge on any atom is 0.312 e. The van der Waals surface area contributed by atoms with Gasteiger partial charge in [-0.15, -0.1) is 0 Å². The van der Waals surface area contributed by atoms with Crippen molar-refractivity contribution < 1.29 is 9.72 Å². The van der Waals surface area contributed by atoms with Gasteiger partial charge in [-0.1, -0.05) is 26.0 Å². The van der Waals surface area contributed by atoms with Crippen LogP contribution in [0.4, 0.5) is 11.5 Å². The SMILES string of the molecule is Cc1cc(N2CCN(C(=O)c3ccc(Cn4nc(C)c([N+](=O)[O-])c4C)cc3)CC2)nc(C(C)C)n1. The smallest absolute Gasteiger partial charge is 0.312 e. The number of benzene rings is 1. The van der Waals surface area contributed by atoms with Gasteiger partial charge in [0, 0.05) is 49.4 Å². The number of aryl methyl sites for hydroxylation is 2. The van der Waals surface area contributed by atoms with E-state index in [-0.39, 0.29) is 17.5 Å². The molecule has 10 heteroatoms. The minimum absolute atomic E-state index is 0.000287. The van der Waals surface area contributed by atoms with Gasteiger partial charge in [0.2, 0.25) is 0 Å². The second-order valence-corrected chi connectivity index (χ2v) is 9.29. The van der Waals surface area contributed by atoms with Gasteiger partial charge in [-0.05, 0) is 38.5 Å². The van der Waals surface area contributed by atoms with Gasteiger partial charge in [0.25, 0.3) is 5.91 Å². The molecule has 1 amide bonds. The fraction of sp³-hybridized carbons (Fsp3) is 0.440. The summed E-state index contributed by atoms with van der Waals surface area (Å²) in [7, 11) is 0. The second-order valence-electron chi connectivity index (χ2n) is 9.29. The van der Waals surface area contributed by atoms with Crippen molar-refractivity contribution in [1.82, 2.24) is 24.6 Å². The van der Waals surface area contributed by atoms with Gasteiger partial charge in [0.15, 0.2) is 0 Å². The third-order valence-electron chi connectivity index (χ3n) is 6.32. The normalized spacial score (nSPS) is 14.0. The molecule has 1 aliphatic rings. The minimum Gasteiger partial charge on any atom is -0.353 e. The summed E-state index contributed by atoms with van der Waals surface area (Å²) < 4.78 is 1.63. The van der Waals surface area contributed by atoms with Crippen LogP contribution in [0, 0.1) is 30.9 Å². The van der Waals surface area contributed by atoms with Crippen LogP contribution in [0.25, 0.3) is 0 Å². The Labute approximate surface area is 204 Å². The number of anilines is 1. The van der Waals surface area contributed by atoms with Crippen LogP contribution in [0.3, 0.4) is 0 Å². The van der Waals surface area contributed by atoms with E-state index < -0.39 is 4.92 Å². The van der Waals surface area contributed by atoms with E-state index >= 15 is 0 Å². The Bertz CT molecular complexity index is 1240. The Morgan fingerprint density at radius 3 is 2.29 bits per heavy atom. The molecule has 10 nitrogen and oxygen atoms in total. The van der Waals surface area contributed by atoms with E-state index in [1.165, 1.54) is 0 Å². The van der Waals surface area contributed by atoms with Crippen LogP contribution in [0.15, 0.2) is 30.3 Å². The van der Waals surface area contributed by atoms with E-state index in [2.05, 4.69) is 28.8 Å². The van der Waals surface area contributed by atoms with Crippen molar-refractivity contribution in [2.45, 2.75) is 47.1 Å². The van der Waals surface area contributed by atoms with Crippen LogP contribution in [-0.4, -0.2) is 61.7 Å². The maximum absolute atomic E-state index is 13.1. The van der Waals surface area contributed by atoms with E-state index in [1.54, 1.807) is 18.5 Å². The molecule has 0 N–H and O–H groups in total. The van der Waals surface area contributed by atoms with Gasteiger partial charge in [0.05, 0.1) is 11.5 Å². The first-order valence-electron chi connectivity index (χ1n) is 11.8. The van der Waals surface area contributed by atoms with Crippen LogP contribution in [0.2, 0.25) is 0 Å². The standard InChI is InChI=1S/C25H31N7O3/c1-16(2)24-26-17(3)14-22(27-24)29-10-12-30(13-11-29)25(33)21-8-6-20(7-9-21)15-31-19(5)23(32(34)35)18(4)28-31/h6-9,14,16H,10-13,15H2,1-5H3. The molecule has 2 aromatic heterocycles. The molecule has 4 rings (SSSR count). The number of rotatable bonds is 6. The molecular weight excluding hydrogens is 446 g/mol. The van der Waals surface area contributed by atoms with Crippen molar-refractivity contribution in [2.24, 2.45) is 0 Å². The average Bonchev–Trinajstić information content (AvgIpc) is 3.11. The van der Waals surface area contributed by atoms with Gasteiger partial charge in [-0.2, -0.15) is 5.10 Å². The number of carbonyl (C=O) groups is 1. The quantitative estimate of drug-likeness (QED) is 0.394. The highest BCUT2D eigenvalue weighted by molar-refractivity contribution is 5.94. The molecule has 1 aliphatic heterocycles. The monoisotopic (exact) mass is 477 g/mol. The molecule has 3 aromatic rings. The van der Waals surface area contributed by atoms with Crippen LogP contribution in [0.5, 0.6) is 0 Å². The van der Waals surface area contributed by atoms with E-state index in [0.29, 0.717) is 49.7 Å². The van der Waals surface area contributed by atoms with E-state index in [9.17, 15) is 14.9 Å². The van der Waals surface area contributed by atoms with Gasteiger partial charge in [0.1, 0.15) is 23.0 Å². The molecule has 3 heterocycles. The number of nitro groups is 1. The fourth-order valence-electron chi connectivity index (χ4n) is 4.35. The summed E-state index contributed by atoms with van der Waals surface area (Å²) in [6, 6.07) is 9.38. The van der Waals surface area contributed by atoms with Crippen molar-refractivity contribution in [3.63, 3.8) is 0 Å². The van der Waals surface area contributed by atoms with E-state index in [4.69, 9.17) is 4.98 Å². The lowest BCUT2D eigenvalue weighted by molar-refractivity contribution is -0.386. The highest BCUT2D eigenvalue weighted by Gasteiger charge is 2.24. The van der Waals surface area contributed by atoms with Crippen molar-refractivity contribution in [1.29, 1.82) is 0 Å². The summed E-state index contributed by atoms with van der Waals surface area (Å²) >= 11 is 0. The number of carbonyl (C=O) groups excluding carboxylic acids is 1. The topological polar surface area (TPSA) is 110 Å². The van der Waals surface area contributed by atoms with E-state index in [0.717, 1.165) is 22.9 Å². The zero-order valence-electron chi connectivity index (χ0n) is 20.9. The number of aromatic nitrogens is 4. The van der Waals surface area contributed by atoms with Crippen LogP contribution < -0.4 is 4.90 Å². The van der Waals surface area contributed by atoms with E-state index in [1.807, 2.05) is 42.2 Å². The van der Waals surface area contributed by atoms with Crippen molar-refractivity contribution in [3.8, 4) is 0 Å². The number of piperazine rings is 1. The predicted molar refractivity (Wildman–Crippen MR) is 133 cm³/mol. The summed E-state index contributed by atoms with van der Waals surface area (Å²) in [5, 5.41) is 15.5. The Kier molecular flexibility index (Phi) is 6.81. The lowest BCUT2D eigenvalue weighted by Gasteiger charge is -2.35. The zero-order valence-corrected chi connectivity index (χ0v) is 20.9. The summed E-state index contributed by atoms with van der Waals surface area (Å²) in [4.78, 5) is 37.2. The largest absolute Gasteiger partial charge is 0.353 e. The molecular formula is C25H31N7O3. The van der Waals surface area contributed by atoms with Gasteiger partial charge < -0.3 is 9.80 Å². The molecule has 0 atom stereocenters. The molecule has 0 spiro atoms. The van der Waals surface area contributed by atoms with Crippen LogP contribution >= 0.6 is 0 Å². The molecule has 184 valence electrons. The Morgan fingerprint density at radius 1 is 1.06 bits per heavy atom. The van der Waals surface area contributed by atoms with Gasteiger partial charge >= 0.3 is 5.69 Å². The predicted octanol–water partition coefficient (Wildman–Crippen LogP) is 3.64. The van der Waals surface area contributed by atoms with Crippen LogP contribution in [-0.2, 0) is 6.54 Å². The third kappa shape index (κ3) is 5.16. The van der Waals surface area contributed by atoms with Crippen molar-refractivity contribution >= 4 is 17.4 Å². The van der Waals surface area contributed by atoms with Crippen molar-refractivity contribution in [2.75, 3.05) is 31.1 Å². The molecule has 0 unspecified atom stereocenters. The second kappa shape index (κ2) is 9.81. The van der Waals surface area contributed by atoms with Crippen LogP contribution in [0.1, 0.15) is 58.6 Å². The molecule has 0 bridgehead atoms. The first-order valence-corrected chi connectivity index (χ1v) is 11.8. The first-order chi connectivity index (χ1) is 16.6. The Hall–Kier alpha value is -3.82. The van der Waals surface area contributed by atoms with Gasteiger partial charge in [-0.3, -0.25) is 19.6 Å². The maximum atomic E-state index is 13.1. The Balaban J connectivity index is 1.39. The Morgan fingerprint density at radius 2 is 1.71 bits per heavy atom. The number of nitrogens with zero attached hydrogens (tertiary/aromatic N) is 7. The third-order valence-corrected chi connectivity index (χ3v) is 6.32. The summed E-state index contributed by atoms with van der Waals surface area (Å²) in [5.41, 5.74) is 3.47. The summed E-state index contributed by atoms with van der Waals surface area (Å²) in [5.74, 6) is 2.02. The molecule has 1 saturated heterocycles. The first kappa shape index (κ1) is 24.3. The molecule has 1 aromatic carbocycles. The highest BCUT2D eigenvalue weighted by atomic mass is 16.6.